The zero-order chi connectivity index (χ0) is 23.6. The minimum atomic E-state index is -3.21. The summed E-state index contributed by atoms with van der Waals surface area (Å²) in [6.45, 7) is 3.22. The third-order valence-corrected chi connectivity index (χ3v) is 7.66. The van der Waals surface area contributed by atoms with E-state index < -0.39 is 22.1 Å². The number of nitrogens with one attached hydrogen (secondary N) is 2. The van der Waals surface area contributed by atoms with Crippen LogP contribution >= 0.6 is 0 Å². The largest absolute Gasteiger partial charge is 0.481 e. The van der Waals surface area contributed by atoms with Crippen molar-refractivity contribution in [3.63, 3.8) is 0 Å². The number of hydrogen-bond acceptors (Lipinski definition) is 9. The topological polar surface area (TPSA) is 148 Å². The van der Waals surface area contributed by atoms with E-state index in [1.807, 2.05) is 11.0 Å². The number of nitrogens with zero attached hydrogens (tertiary/aromatic N) is 4. The van der Waals surface area contributed by atoms with E-state index in [1.165, 1.54) is 0 Å². The van der Waals surface area contributed by atoms with Crippen molar-refractivity contribution in [1.29, 1.82) is 0 Å². The van der Waals surface area contributed by atoms with Crippen LogP contribution in [-0.4, -0.2) is 96.9 Å². The summed E-state index contributed by atoms with van der Waals surface area (Å²) in [5, 5.41) is 31.4. The molecule has 4 N–H and O–H groups in total. The van der Waals surface area contributed by atoms with Crippen LogP contribution in [0.3, 0.4) is 0 Å². The predicted octanol–water partition coefficient (Wildman–Crippen LogP) is -0.0475. The highest BCUT2D eigenvalue weighted by Gasteiger charge is 2.35. The summed E-state index contributed by atoms with van der Waals surface area (Å²) in [5.41, 5.74) is 0.881. The lowest BCUT2D eigenvalue weighted by molar-refractivity contribution is -0.143. The molecule has 1 saturated carbocycles. The molecule has 1 aromatic heterocycles. The van der Waals surface area contributed by atoms with E-state index in [-0.39, 0.29) is 23.9 Å². The van der Waals surface area contributed by atoms with Gasteiger partial charge in [-0.3, -0.25) is 9.69 Å². The Bertz CT molecular complexity index is 941. The van der Waals surface area contributed by atoms with Crippen LogP contribution in [0.1, 0.15) is 32.1 Å². The van der Waals surface area contributed by atoms with E-state index in [4.69, 9.17) is 0 Å². The van der Waals surface area contributed by atoms with Crippen molar-refractivity contribution in [1.82, 2.24) is 19.8 Å². The van der Waals surface area contributed by atoms with Crippen molar-refractivity contribution in [2.45, 2.75) is 50.3 Å². The van der Waals surface area contributed by atoms with Crippen LogP contribution in [0.4, 0.5) is 11.5 Å². The molecule has 2 aliphatic heterocycles. The van der Waals surface area contributed by atoms with Gasteiger partial charge in [-0.05, 0) is 31.6 Å². The molecule has 0 bridgehead atoms. The van der Waals surface area contributed by atoms with Crippen LogP contribution in [0.25, 0.3) is 0 Å². The highest BCUT2D eigenvalue weighted by Crippen LogP contribution is 2.31. The van der Waals surface area contributed by atoms with Gasteiger partial charge in [0.1, 0.15) is 0 Å². The van der Waals surface area contributed by atoms with Gasteiger partial charge in [-0.25, -0.2) is 13.1 Å². The van der Waals surface area contributed by atoms with E-state index in [9.17, 15) is 23.4 Å². The first-order valence-electron chi connectivity index (χ1n) is 11.6. The van der Waals surface area contributed by atoms with Crippen molar-refractivity contribution in [3.8, 4) is 0 Å². The van der Waals surface area contributed by atoms with Crippen LogP contribution < -0.4 is 14.9 Å². The molecule has 1 aromatic rings. The zero-order valence-corrected chi connectivity index (χ0v) is 19.7. The Morgan fingerprint density at radius 3 is 2.73 bits per heavy atom. The van der Waals surface area contributed by atoms with Crippen LogP contribution in [0.2, 0.25) is 0 Å². The van der Waals surface area contributed by atoms with Crippen molar-refractivity contribution in [2.24, 2.45) is 11.8 Å². The second kappa shape index (κ2) is 10.1. The number of β-amino-alcohol motifs (C(OH)–C–C–N with tert-alkyl or cyclic N) is 1. The number of carboxylic acids is 1. The number of carboxylic acid groups (broad SMARTS) is 1. The standard InChI is InChI=1S/C21H34N6O5S/c1-33(31,32)25-16-11-27(12-16)18-7-20(24-23-9-18)22-8-14-5-19(28)13-26(10-14)17-4-2-3-15(6-17)21(29)30/h7,9,14-17,19,25,28H,2-6,8,10-13H2,1H3,(H,22,24)(H,29,30). The third-order valence-electron chi connectivity index (χ3n) is 6.89. The highest BCUT2D eigenvalue weighted by molar-refractivity contribution is 7.88. The second-order valence-electron chi connectivity index (χ2n) is 9.74. The van der Waals surface area contributed by atoms with Gasteiger partial charge in [0, 0.05) is 44.8 Å². The number of rotatable bonds is 8. The highest BCUT2D eigenvalue weighted by atomic mass is 32.2. The Kier molecular flexibility index (Phi) is 7.37. The minimum Gasteiger partial charge on any atom is -0.481 e. The number of aliphatic hydroxyl groups is 1. The molecule has 0 spiro atoms. The Morgan fingerprint density at radius 1 is 1.21 bits per heavy atom. The molecule has 11 nitrogen and oxygen atoms in total. The average Bonchev–Trinajstić information content (AvgIpc) is 2.74. The lowest BCUT2D eigenvalue weighted by atomic mass is 9.83. The van der Waals surface area contributed by atoms with Crippen LogP contribution in [0.5, 0.6) is 0 Å². The van der Waals surface area contributed by atoms with Gasteiger partial charge in [-0.1, -0.05) is 6.42 Å². The molecule has 184 valence electrons. The van der Waals surface area contributed by atoms with Crippen molar-refractivity contribution in [2.75, 3.05) is 49.2 Å². The monoisotopic (exact) mass is 482 g/mol. The number of likely N-dealkylation sites (tertiary alicyclic amines) is 1. The number of aromatic nitrogens is 2. The summed E-state index contributed by atoms with van der Waals surface area (Å²) in [7, 11) is -3.21. The summed E-state index contributed by atoms with van der Waals surface area (Å²) in [5.74, 6) is -0.139. The van der Waals surface area contributed by atoms with Gasteiger partial charge in [-0.2, -0.15) is 5.10 Å². The molecule has 4 unspecified atom stereocenters. The SMILES string of the molecule is CS(=O)(=O)NC1CN(c2cnnc(NCC3CC(O)CN(C4CCCC(C(=O)O)C4)C3)c2)C1. The Balaban J connectivity index is 1.29. The van der Waals surface area contributed by atoms with Crippen LogP contribution in [0.15, 0.2) is 12.3 Å². The van der Waals surface area contributed by atoms with Gasteiger partial charge >= 0.3 is 5.97 Å². The van der Waals surface area contributed by atoms with E-state index in [2.05, 4.69) is 25.1 Å². The molecule has 3 heterocycles. The van der Waals surface area contributed by atoms with Gasteiger partial charge < -0.3 is 20.4 Å². The molecule has 3 aliphatic rings. The summed E-state index contributed by atoms with van der Waals surface area (Å²) >= 11 is 0. The molecule has 0 amide bonds. The molecule has 0 radical (unpaired) electrons. The number of carbonyl (C=O) groups is 1. The number of piperidine rings is 1. The molecule has 33 heavy (non-hydrogen) atoms. The fraction of sp³-hybridized carbons (Fsp3) is 0.762. The first kappa shape index (κ1) is 24.1. The van der Waals surface area contributed by atoms with Gasteiger partial charge in [0.05, 0.1) is 36.2 Å². The first-order valence-corrected chi connectivity index (χ1v) is 13.5. The lowest BCUT2D eigenvalue weighted by Gasteiger charge is -2.43. The van der Waals surface area contributed by atoms with Crippen molar-refractivity contribution >= 4 is 27.5 Å². The maximum Gasteiger partial charge on any atom is 0.306 e. The van der Waals surface area contributed by atoms with Gasteiger partial charge in [0.25, 0.3) is 0 Å². The molecular formula is C21H34N6O5S. The molecule has 1 aliphatic carbocycles. The molecule has 3 fully saturated rings. The smallest absolute Gasteiger partial charge is 0.306 e. The lowest BCUT2D eigenvalue weighted by Crippen LogP contribution is -2.59. The van der Waals surface area contributed by atoms with Gasteiger partial charge in [0.15, 0.2) is 5.82 Å². The second-order valence-corrected chi connectivity index (χ2v) is 11.5. The summed E-state index contributed by atoms with van der Waals surface area (Å²) < 4.78 is 25.3. The van der Waals surface area contributed by atoms with Gasteiger partial charge in [-0.15, -0.1) is 5.10 Å². The maximum absolute atomic E-state index is 11.4. The number of aliphatic hydroxyl groups excluding tert-OH is 1. The Hall–Kier alpha value is -2.02. The maximum atomic E-state index is 11.4. The summed E-state index contributed by atoms with van der Waals surface area (Å²) in [6.07, 6.45) is 6.38. The third kappa shape index (κ3) is 6.52. The number of sulfonamides is 1. The molecule has 2 saturated heterocycles. The summed E-state index contributed by atoms with van der Waals surface area (Å²) in [6, 6.07) is 2.01. The van der Waals surface area contributed by atoms with E-state index in [0.717, 1.165) is 37.8 Å². The van der Waals surface area contributed by atoms with Crippen LogP contribution in [-0.2, 0) is 14.8 Å². The molecular weight excluding hydrogens is 448 g/mol. The van der Waals surface area contributed by atoms with E-state index in [0.29, 0.717) is 44.8 Å². The first-order chi connectivity index (χ1) is 15.7. The fourth-order valence-electron chi connectivity index (χ4n) is 5.31. The molecule has 4 atom stereocenters. The Morgan fingerprint density at radius 2 is 2.00 bits per heavy atom. The normalized spacial score (nSPS) is 29.5. The minimum absolute atomic E-state index is 0.0974. The number of anilines is 2. The predicted molar refractivity (Wildman–Crippen MR) is 124 cm³/mol. The average molecular weight is 483 g/mol. The molecule has 4 rings (SSSR count). The summed E-state index contributed by atoms with van der Waals surface area (Å²) in [4.78, 5) is 15.7. The van der Waals surface area contributed by atoms with Crippen molar-refractivity contribution in [3.05, 3.63) is 12.3 Å². The van der Waals surface area contributed by atoms with E-state index >= 15 is 0 Å². The molecule has 0 aromatic carbocycles. The van der Waals surface area contributed by atoms with Gasteiger partial charge in [0.2, 0.25) is 10.0 Å². The van der Waals surface area contributed by atoms with E-state index in [1.54, 1.807) is 6.20 Å². The van der Waals surface area contributed by atoms with Crippen LogP contribution in [0, 0.1) is 11.8 Å². The number of aliphatic carboxylic acids is 1. The van der Waals surface area contributed by atoms with Crippen molar-refractivity contribution < 1.29 is 23.4 Å². The number of hydrogen-bond donors (Lipinski definition) is 4. The molecule has 12 heteroatoms. The quantitative estimate of drug-likeness (QED) is 0.397. The zero-order valence-electron chi connectivity index (χ0n) is 18.9. The Labute approximate surface area is 194 Å². The fourth-order valence-corrected chi connectivity index (χ4v) is 6.06.